The van der Waals surface area contributed by atoms with Gasteiger partial charge in [0.15, 0.2) is 4.90 Å². The maximum Gasteiger partial charge on any atom is 0.289 e. The van der Waals surface area contributed by atoms with E-state index in [4.69, 9.17) is 0 Å². The van der Waals surface area contributed by atoms with Crippen LogP contribution in [0.3, 0.4) is 0 Å². The fourth-order valence-corrected chi connectivity index (χ4v) is 4.34. The van der Waals surface area contributed by atoms with E-state index in [1.54, 1.807) is 13.0 Å². The van der Waals surface area contributed by atoms with Gasteiger partial charge in [-0.2, -0.15) is 0 Å². The average molecular weight is 431 g/mol. The third kappa shape index (κ3) is 4.42. The number of sulfonamides is 1. The Kier molecular flexibility index (Phi) is 5.91. The lowest BCUT2D eigenvalue weighted by Crippen LogP contribution is -2.31. The molecule has 0 saturated heterocycles. The molecule has 0 aromatic heterocycles. The van der Waals surface area contributed by atoms with Crippen molar-refractivity contribution in [3.05, 3.63) is 68.4 Å². The van der Waals surface area contributed by atoms with Crippen LogP contribution in [0.25, 0.3) is 0 Å². The first-order valence-electron chi connectivity index (χ1n) is 7.28. The van der Waals surface area contributed by atoms with E-state index in [1.165, 1.54) is 37.4 Å². The van der Waals surface area contributed by atoms with Gasteiger partial charge in [-0.1, -0.05) is 35.0 Å². The lowest BCUT2D eigenvalue weighted by molar-refractivity contribution is -0.387. The van der Waals surface area contributed by atoms with Crippen LogP contribution >= 0.6 is 15.9 Å². The number of para-hydroxylation sites is 1. The summed E-state index contributed by atoms with van der Waals surface area (Å²) in [5.41, 5.74) is 0.145. The monoisotopic (exact) mass is 430 g/mol. The average Bonchev–Trinajstić information content (AvgIpc) is 2.53. The van der Waals surface area contributed by atoms with Crippen molar-refractivity contribution in [1.82, 2.24) is 4.31 Å². The molecule has 0 amide bonds. The molecule has 0 fully saturated rings. The summed E-state index contributed by atoms with van der Waals surface area (Å²) in [4.78, 5) is 9.99. The van der Waals surface area contributed by atoms with Crippen molar-refractivity contribution in [2.45, 2.75) is 17.7 Å². The SMILES string of the molecule is C[C@H](CN(C)S(=O)(=O)c1ccccc1[N+](=O)[O-])c1cc(F)cc(Br)c1. The Labute approximate surface area is 153 Å². The molecule has 0 aliphatic rings. The van der Waals surface area contributed by atoms with Gasteiger partial charge in [-0.3, -0.25) is 10.1 Å². The maximum absolute atomic E-state index is 13.5. The summed E-state index contributed by atoms with van der Waals surface area (Å²) in [6.45, 7) is 1.80. The van der Waals surface area contributed by atoms with E-state index in [1.807, 2.05) is 0 Å². The van der Waals surface area contributed by atoms with Crippen molar-refractivity contribution in [2.75, 3.05) is 13.6 Å². The van der Waals surface area contributed by atoms with E-state index >= 15 is 0 Å². The molecular formula is C16H16BrFN2O4S. The van der Waals surface area contributed by atoms with E-state index in [0.717, 1.165) is 10.4 Å². The number of benzene rings is 2. The predicted molar refractivity (Wildman–Crippen MR) is 95.4 cm³/mol. The molecule has 0 bridgehead atoms. The largest absolute Gasteiger partial charge is 0.289 e. The number of likely N-dealkylation sites (N-methyl/N-ethyl adjacent to an activating group) is 1. The first-order valence-corrected chi connectivity index (χ1v) is 9.52. The van der Waals surface area contributed by atoms with E-state index in [0.29, 0.717) is 10.0 Å². The molecule has 0 aliphatic carbocycles. The summed E-state index contributed by atoms with van der Waals surface area (Å²) in [7, 11) is -2.71. The van der Waals surface area contributed by atoms with Gasteiger partial charge in [0.25, 0.3) is 5.69 Å². The van der Waals surface area contributed by atoms with Crippen molar-refractivity contribution >= 4 is 31.6 Å². The van der Waals surface area contributed by atoms with Crippen LogP contribution in [0, 0.1) is 15.9 Å². The zero-order valence-corrected chi connectivity index (χ0v) is 15.9. The summed E-state index contributed by atoms with van der Waals surface area (Å²) < 4.78 is 40.5. The Hall–Kier alpha value is -1.84. The normalized spacial score (nSPS) is 13.0. The van der Waals surface area contributed by atoms with Crippen LogP contribution in [0.4, 0.5) is 10.1 Å². The van der Waals surface area contributed by atoms with Crippen molar-refractivity contribution in [2.24, 2.45) is 0 Å². The standard InChI is InChI=1S/C16H16BrFN2O4S/c1-11(12-7-13(17)9-14(18)8-12)10-19(2)25(23,24)16-6-4-3-5-15(16)20(21)22/h3-9,11H,10H2,1-2H3/t11-/m1/s1. The fourth-order valence-electron chi connectivity index (χ4n) is 2.44. The van der Waals surface area contributed by atoms with Gasteiger partial charge in [-0.25, -0.2) is 17.1 Å². The summed E-state index contributed by atoms with van der Waals surface area (Å²) in [5.74, 6) is -0.741. The molecule has 0 heterocycles. The fraction of sp³-hybridized carbons (Fsp3) is 0.250. The van der Waals surface area contributed by atoms with Crippen LogP contribution in [-0.4, -0.2) is 31.2 Å². The zero-order chi connectivity index (χ0) is 18.8. The van der Waals surface area contributed by atoms with Crippen LogP contribution in [0.5, 0.6) is 0 Å². The Morgan fingerprint density at radius 3 is 2.52 bits per heavy atom. The minimum Gasteiger partial charge on any atom is -0.258 e. The molecule has 0 aliphatic heterocycles. The van der Waals surface area contributed by atoms with Gasteiger partial charge in [0.1, 0.15) is 5.82 Å². The third-order valence-corrected chi connectivity index (χ3v) is 6.06. The van der Waals surface area contributed by atoms with Crippen LogP contribution < -0.4 is 0 Å². The highest BCUT2D eigenvalue weighted by Gasteiger charge is 2.30. The number of hydrogen-bond donors (Lipinski definition) is 0. The van der Waals surface area contributed by atoms with E-state index in [-0.39, 0.29) is 17.4 Å². The molecule has 1 atom stereocenters. The van der Waals surface area contributed by atoms with Crippen LogP contribution in [0.1, 0.15) is 18.4 Å². The lowest BCUT2D eigenvalue weighted by atomic mass is 10.0. The zero-order valence-electron chi connectivity index (χ0n) is 13.5. The highest BCUT2D eigenvalue weighted by Crippen LogP contribution is 2.28. The molecule has 6 nitrogen and oxygen atoms in total. The second-order valence-electron chi connectivity index (χ2n) is 5.61. The smallest absolute Gasteiger partial charge is 0.258 e. The molecule has 25 heavy (non-hydrogen) atoms. The van der Waals surface area contributed by atoms with Gasteiger partial charge < -0.3 is 0 Å². The summed E-state index contributed by atoms with van der Waals surface area (Å²) in [6.07, 6.45) is 0. The van der Waals surface area contributed by atoms with E-state index < -0.39 is 26.5 Å². The van der Waals surface area contributed by atoms with E-state index in [2.05, 4.69) is 15.9 Å². The van der Waals surface area contributed by atoms with Gasteiger partial charge in [-0.05, 0) is 35.7 Å². The summed E-state index contributed by atoms with van der Waals surface area (Å²) >= 11 is 3.20. The lowest BCUT2D eigenvalue weighted by Gasteiger charge is -2.21. The topological polar surface area (TPSA) is 80.5 Å². The summed E-state index contributed by atoms with van der Waals surface area (Å²) in [5, 5.41) is 11.1. The minimum absolute atomic E-state index is 0.0459. The van der Waals surface area contributed by atoms with Gasteiger partial charge in [-0.15, -0.1) is 0 Å². The number of nitro benzene ring substituents is 1. The quantitative estimate of drug-likeness (QED) is 0.513. The Morgan fingerprint density at radius 1 is 1.28 bits per heavy atom. The molecule has 9 heteroatoms. The molecule has 2 aromatic rings. The summed E-state index contributed by atoms with van der Waals surface area (Å²) in [6, 6.07) is 9.54. The maximum atomic E-state index is 13.5. The molecular weight excluding hydrogens is 415 g/mol. The first kappa shape index (κ1) is 19.5. The number of nitro groups is 1. The highest BCUT2D eigenvalue weighted by atomic mass is 79.9. The molecule has 2 rings (SSSR count). The van der Waals surface area contributed by atoms with Crippen molar-refractivity contribution in [3.8, 4) is 0 Å². The second kappa shape index (κ2) is 7.59. The van der Waals surface area contributed by atoms with Crippen molar-refractivity contribution in [3.63, 3.8) is 0 Å². The number of rotatable bonds is 6. The third-order valence-electron chi connectivity index (χ3n) is 3.74. The van der Waals surface area contributed by atoms with Crippen molar-refractivity contribution < 1.29 is 17.7 Å². The van der Waals surface area contributed by atoms with Crippen LogP contribution in [0.2, 0.25) is 0 Å². The molecule has 0 N–H and O–H groups in total. The second-order valence-corrected chi connectivity index (χ2v) is 8.54. The first-order chi connectivity index (χ1) is 11.6. The highest BCUT2D eigenvalue weighted by molar-refractivity contribution is 9.10. The number of hydrogen-bond acceptors (Lipinski definition) is 4. The van der Waals surface area contributed by atoms with Gasteiger partial charge in [0.05, 0.1) is 4.92 Å². The molecule has 0 saturated carbocycles. The number of halogens is 2. The van der Waals surface area contributed by atoms with E-state index in [9.17, 15) is 22.9 Å². The molecule has 134 valence electrons. The van der Waals surface area contributed by atoms with Crippen molar-refractivity contribution in [1.29, 1.82) is 0 Å². The molecule has 2 aromatic carbocycles. The molecule has 0 spiro atoms. The Balaban J connectivity index is 2.30. The van der Waals surface area contributed by atoms with Gasteiger partial charge in [0, 0.05) is 24.1 Å². The number of nitrogens with zero attached hydrogens (tertiary/aromatic N) is 2. The Bertz CT molecular complexity index is 885. The van der Waals surface area contributed by atoms with Gasteiger partial charge >= 0.3 is 0 Å². The van der Waals surface area contributed by atoms with Gasteiger partial charge in [0.2, 0.25) is 10.0 Å². The predicted octanol–water partition coefficient (Wildman–Crippen LogP) is 3.92. The minimum atomic E-state index is -4.05. The Morgan fingerprint density at radius 2 is 1.92 bits per heavy atom. The molecule has 0 radical (unpaired) electrons. The molecule has 0 unspecified atom stereocenters. The van der Waals surface area contributed by atoms with Crippen LogP contribution in [0.15, 0.2) is 51.8 Å². The van der Waals surface area contributed by atoms with Crippen LogP contribution in [-0.2, 0) is 10.0 Å².